The summed E-state index contributed by atoms with van der Waals surface area (Å²) >= 11 is 3.42. The third kappa shape index (κ3) is 2.71. The van der Waals surface area contributed by atoms with Crippen molar-refractivity contribution in [1.29, 1.82) is 0 Å². The lowest BCUT2D eigenvalue weighted by Gasteiger charge is -2.11. The number of rotatable bonds is 3. The van der Waals surface area contributed by atoms with Crippen LogP contribution in [0.4, 0.5) is 4.39 Å². The van der Waals surface area contributed by atoms with Crippen molar-refractivity contribution < 1.29 is 9.13 Å². The zero-order valence-corrected chi connectivity index (χ0v) is 11.5. The molecule has 0 heterocycles. The van der Waals surface area contributed by atoms with Gasteiger partial charge in [0.25, 0.3) is 0 Å². The predicted octanol–water partition coefficient (Wildman–Crippen LogP) is 4.15. The Kier molecular flexibility index (Phi) is 3.99. The van der Waals surface area contributed by atoms with Crippen molar-refractivity contribution in [3.05, 3.63) is 57.8 Å². The minimum atomic E-state index is -0.344. The molecule has 0 saturated carbocycles. The van der Waals surface area contributed by atoms with Crippen LogP contribution >= 0.6 is 15.9 Å². The molecule has 0 radical (unpaired) electrons. The molecule has 0 atom stereocenters. The fraction of sp³-hybridized carbons (Fsp3) is 0.143. The van der Waals surface area contributed by atoms with Gasteiger partial charge in [0.2, 0.25) is 0 Å². The van der Waals surface area contributed by atoms with Crippen molar-refractivity contribution in [3.8, 4) is 11.5 Å². The first kappa shape index (κ1) is 13.1. The first-order valence-electron chi connectivity index (χ1n) is 5.53. The second-order valence-corrected chi connectivity index (χ2v) is 4.79. The smallest absolute Gasteiger partial charge is 0.134 e. The van der Waals surface area contributed by atoms with Gasteiger partial charge in [-0.05, 0) is 42.8 Å². The van der Waals surface area contributed by atoms with E-state index in [4.69, 9.17) is 10.5 Å². The lowest BCUT2D eigenvalue weighted by atomic mass is 10.2. The molecule has 2 nitrogen and oxygen atoms in total. The van der Waals surface area contributed by atoms with Gasteiger partial charge in [-0.1, -0.05) is 22.0 Å². The number of aryl methyl sites for hydroxylation is 1. The maximum absolute atomic E-state index is 13.5. The summed E-state index contributed by atoms with van der Waals surface area (Å²) < 4.78 is 20.2. The molecule has 18 heavy (non-hydrogen) atoms. The largest absolute Gasteiger partial charge is 0.457 e. The monoisotopic (exact) mass is 309 g/mol. The number of hydrogen-bond acceptors (Lipinski definition) is 2. The molecule has 2 aromatic carbocycles. The van der Waals surface area contributed by atoms with Gasteiger partial charge >= 0.3 is 0 Å². The number of nitrogens with two attached hydrogens (primary N) is 1. The highest BCUT2D eigenvalue weighted by Crippen LogP contribution is 2.29. The van der Waals surface area contributed by atoms with Gasteiger partial charge in [0.05, 0.1) is 0 Å². The fourth-order valence-electron chi connectivity index (χ4n) is 1.64. The Morgan fingerprint density at radius 2 is 2.06 bits per heavy atom. The third-order valence-corrected chi connectivity index (χ3v) is 3.53. The van der Waals surface area contributed by atoms with Crippen molar-refractivity contribution >= 4 is 15.9 Å². The van der Waals surface area contributed by atoms with Gasteiger partial charge in [-0.2, -0.15) is 0 Å². The van der Waals surface area contributed by atoms with Crippen LogP contribution in [0.25, 0.3) is 0 Å². The summed E-state index contributed by atoms with van der Waals surface area (Å²) in [7, 11) is 0. The Bertz CT molecular complexity index is 572. The van der Waals surface area contributed by atoms with E-state index in [1.165, 1.54) is 6.07 Å². The first-order chi connectivity index (χ1) is 8.61. The maximum Gasteiger partial charge on any atom is 0.134 e. The van der Waals surface area contributed by atoms with Crippen molar-refractivity contribution in [2.45, 2.75) is 13.5 Å². The zero-order valence-electron chi connectivity index (χ0n) is 9.91. The van der Waals surface area contributed by atoms with E-state index in [1.54, 1.807) is 12.1 Å². The van der Waals surface area contributed by atoms with E-state index in [-0.39, 0.29) is 12.4 Å². The summed E-state index contributed by atoms with van der Waals surface area (Å²) in [5.41, 5.74) is 6.97. The minimum absolute atomic E-state index is 0.109. The van der Waals surface area contributed by atoms with Crippen LogP contribution in [0.3, 0.4) is 0 Å². The van der Waals surface area contributed by atoms with E-state index in [0.717, 1.165) is 10.0 Å². The molecule has 0 fully saturated rings. The van der Waals surface area contributed by atoms with Crippen molar-refractivity contribution in [1.82, 2.24) is 0 Å². The molecule has 0 spiro atoms. The van der Waals surface area contributed by atoms with E-state index < -0.39 is 0 Å². The van der Waals surface area contributed by atoms with Gasteiger partial charge in [0, 0.05) is 16.6 Å². The Morgan fingerprint density at radius 3 is 2.72 bits per heavy atom. The van der Waals surface area contributed by atoms with E-state index in [0.29, 0.717) is 17.1 Å². The van der Waals surface area contributed by atoms with Crippen LogP contribution in [-0.2, 0) is 6.54 Å². The normalized spacial score (nSPS) is 10.4. The predicted molar refractivity (Wildman–Crippen MR) is 73.2 cm³/mol. The summed E-state index contributed by atoms with van der Waals surface area (Å²) in [6.45, 7) is 2.07. The summed E-state index contributed by atoms with van der Waals surface area (Å²) in [4.78, 5) is 0. The number of halogens is 2. The van der Waals surface area contributed by atoms with Gasteiger partial charge in [-0.15, -0.1) is 0 Å². The first-order valence-corrected chi connectivity index (χ1v) is 6.32. The second kappa shape index (κ2) is 5.50. The fourth-order valence-corrected chi connectivity index (χ4v) is 1.89. The Morgan fingerprint density at radius 1 is 1.28 bits per heavy atom. The highest BCUT2D eigenvalue weighted by atomic mass is 79.9. The molecule has 0 aliphatic heterocycles. The number of ether oxygens (including phenoxy) is 1. The second-order valence-electron chi connectivity index (χ2n) is 3.93. The highest BCUT2D eigenvalue weighted by molar-refractivity contribution is 9.10. The van der Waals surface area contributed by atoms with Crippen LogP contribution in [0.1, 0.15) is 11.1 Å². The van der Waals surface area contributed by atoms with Crippen LogP contribution in [-0.4, -0.2) is 0 Å². The van der Waals surface area contributed by atoms with E-state index >= 15 is 0 Å². The third-order valence-electron chi connectivity index (χ3n) is 2.64. The summed E-state index contributed by atoms with van der Waals surface area (Å²) in [5, 5.41) is 0. The van der Waals surface area contributed by atoms with Gasteiger partial charge in [0.1, 0.15) is 17.3 Å². The molecule has 0 aromatic heterocycles. The molecule has 0 bridgehead atoms. The topological polar surface area (TPSA) is 35.2 Å². The van der Waals surface area contributed by atoms with Gasteiger partial charge in [-0.3, -0.25) is 0 Å². The lowest BCUT2D eigenvalue weighted by molar-refractivity contribution is 0.467. The molecule has 2 aromatic rings. The van der Waals surface area contributed by atoms with Gasteiger partial charge in [-0.25, -0.2) is 4.39 Å². The maximum atomic E-state index is 13.5. The molecule has 0 aliphatic rings. The summed E-state index contributed by atoms with van der Waals surface area (Å²) in [6, 6.07) is 10.3. The quantitative estimate of drug-likeness (QED) is 0.924. The zero-order chi connectivity index (χ0) is 13.1. The van der Waals surface area contributed by atoms with E-state index in [2.05, 4.69) is 15.9 Å². The molecule has 4 heteroatoms. The summed E-state index contributed by atoms with van der Waals surface area (Å²) in [6.07, 6.45) is 0. The molecule has 0 unspecified atom stereocenters. The minimum Gasteiger partial charge on any atom is -0.457 e. The molecule has 0 saturated heterocycles. The Labute approximate surface area is 114 Å². The van der Waals surface area contributed by atoms with Crippen LogP contribution in [0.15, 0.2) is 40.9 Å². The Balaban J connectivity index is 2.34. The average Bonchev–Trinajstić information content (AvgIpc) is 2.34. The van der Waals surface area contributed by atoms with Crippen molar-refractivity contribution in [3.63, 3.8) is 0 Å². The van der Waals surface area contributed by atoms with E-state index in [9.17, 15) is 4.39 Å². The van der Waals surface area contributed by atoms with Crippen LogP contribution in [0.5, 0.6) is 11.5 Å². The van der Waals surface area contributed by atoms with Gasteiger partial charge in [0.15, 0.2) is 0 Å². The van der Waals surface area contributed by atoms with Crippen molar-refractivity contribution in [2.24, 2.45) is 5.73 Å². The Hall–Kier alpha value is -1.39. The standard InChI is InChI=1S/C14H13BrFNO/c1-9-7-10(5-6-12(9)15)18-14-4-2-3-13(16)11(14)8-17/h2-7H,8,17H2,1H3. The average molecular weight is 310 g/mol. The molecular formula is C14H13BrFNO. The molecule has 0 amide bonds. The number of hydrogen-bond donors (Lipinski definition) is 1. The molecular weight excluding hydrogens is 297 g/mol. The van der Waals surface area contributed by atoms with E-state index in [1.807, 2.05) is 25.1 Å². The summed E-state index contributed by atoms with van der Waals surface area (Å²) in [5.74, 6) is 0.777. The highest BCUT2D eigenvalue weighted by Gasteiger charge is 2.09. The SMILES string of the molecule is Cc1cc(Oc2cccc(F)c2CN)ccc1Br. The van der Waals surface area contributed by atoms with Gasteiger partial charge < -0.3 is 10.5 Å². The lowest BCUT2D eigenvalue weighted by Crippen LogP contribution is -2.02. The van der Waals surface area contributed by atoms with Crippen LogP contribution < -0.4 is 10.5 Å². The van der Waals surface area contributed by atoms with Crippen LogP contribution in [0.2, 0.25) is 0 Å². The molecule has 2 N–H and O–H groups in total. The van der Waals surface area contributed by atoms with Crippen molar-refractivity contribution in [2.75, 3.05) is 0 Å². The molecule has 2 rings (SSSR count). The number of benzene rings is 2. The molecule has 94 valence electrons. The van der Waals surface area contributed by atoms with Crippen LogP contribution in [0, 0.1) is 12.7 Å². The molecule has 0 aliphatic carbocycles.